The summed E-state index contributed by atoms with van der Waals surface area (Å²) in [5, 5.41) is 1.22. The monoisotopic (exact) mass is 325 g/mol. The minimum atomic E-state index is -0.233. The van der Waals surface area contributed by atoms with Crippen molar-refractivity contribution < 1.29 is 9.53 Å². The van der Waals surface area contributed by atoms with Crippen molar-refractivity contribution in [3.05, 3.63) is 54.1 Å². The van der Waals surface area contributed by atoms with Gasteiger partial charge in [0.15, 0.2) is 0 Å². The first-order valence-electron chi connectivity index (χ1n) is 7.59. The number of carbonyl (C=O) groups excluding carboxylic acids is 1. The van der Waals surface area contributed by atoms with E-state index >= 15 is 0 Å². The van der Waals surface area contributed by atoms with Gasteiger partial charge in [-0.15, -0.1) is 11.8 Å². The third kappa shape index (κ3) is 3.59. The molecule has 1 aromatic heterocycles. The molecule has 0 saturated carbocycles. The number of benzene rings is 2. The summed E-state index contributed by atoms with van der Waals surface area (Å²) >= 11 is 1.72. The van der Waals surface area contributed by atoms with E-state index in [1.165, 1.54) is 22.8 Å². The third-order valence-electron chi connectivity index (χ3n) is 3.60. The van der Waals surface area contributed by atoms with E-state index in [0.29, 0.717) is 6.61 Å². The molecule has 0 amide bonds. The van der Waals surface area contributed by atoms with Crippen LogP contribution in [0.15, 0.2) is 53.4 Å². The molecule has 2 aromatic carbocycles. The van der Waals surface area contributed by atoms with Crippen molar-refractivity contribution in [1.29, 1.82) is 0 Å². The first kappa shape index (κ1) is 15.7. The Balaban J connectivity index is 1.97. The number of aromatic amines is 1. The molecule has 0 radical (unpaired) electrons. The number of hydrogen-bond donors (Lipinski definition) is 1. The predicted octanol–water partition coefficient (Wildman–Crippen LogP) is 4.80. The Hall–Kier alpha value is -2.20. The number of esters is 1. The molecule has 3 nitrogen and oxygen atoms in total. The van der Waals surface area contributed by atoms with Gasteiger partial charge in [0.25, 0.3) is 0 Å². The van der Waals surface area contributed by atoms with Crippen molar-refractivity contribution in [3.63, 3.8) is 0 Å². The zero-order valence-corrected chi connectivity index (χ0v) is 14.1. The smallest absolute Gasteiger partial charge is 0.302 e. The lowest BCUT2D eigenvalue weighted by atomic mass is 10.1. The highest BCUT2D eigenvalue weighted by molar-refractivity contribution is 7.99. The average Bonchev–Trinajstić information content (AvgIpc) is 2.90. The lowest BCUT2D eigenvalue weighted by Crippen LogP contribution is -2.02. The predicted molar refractivity (Wildman–Crippen MR) is 95.8 cm³/mol. The fraction of sp³-hybridized carbons (Fsp3) is 0.211. The Morgan fingerprint density at radius 3 is 2.70 bits per heavy atom. The lowest BCUT2D eigenvalue weighted by Gasteiger charge is -2.06. The summed E-state index contributed by atoms with van der Waals surface area (Å²) in [5.74, 6) is 0.504. The van der Waals surface area contributed by atoms with Crippen LogP contribution in [-0.2, 0) is 9.53 Å². The molecule has 0 aliphatic carbocycles. The number of fused-ring (bicyclic) bond motifs is 1. The summed E-state index contributed by atoms with van der Waals surface area (Å²) < 4.78 is 5.05. The van der Waals surface area contributed by atoms with Crippen molar-refractivity contribution in [3.8, 4) is 11.3 Å². The molecule has 23 heavy (non-hydrogen) atoms. The zero-order chi connectivity index (χ0) is 16.2. The van der Waals surface area contributed by atoms with E-state index < -0.39 is 0 Å². The topological polar surface area (TPSA) is 42.1 Å². The molecule has 0 unspecified atom stereocenters. The Labute approximate surface area is 140 Å². The molecule has 0 spiro atoms. The highest BCUT2D eigenvalue weighted by atomic mass is 32.2. The summed E-state index contributed by atoms with van der Waals surface area (Å²) in [6, 6.07) is 16.7. The first-order chi connectivity index (χ1) is 11.1. The maximum absolute atomic E-state index is 10.9. The molecule has 0 bridgehead atoms. The average molecular weight is 325 g/mol. The Bertz CT molecular complexity index is 824. The SMILES string of the molecule is CC(=O)OCCSc1c(-c2ccccc2)[nH]c2ccc(C)cc12. The summed E-state index contributed by atoms with van der Waals surface area (Å²) in [6.07, 6.45) is 0. The largest absolute Gasteiger partial charge is 0.465 e. The molecular formula is C19H19NO2S. The maximum atomic E-state index is 10.9. The van der Waals surface area contributed by atoms with Crippen molar-refractivity contribution >= 4 is 28.6 Å². The second kappa shape index (κ2) is 6.92. The quantitative estimate of drug-likeness (QED) is 0.416. The highest BCUT2D eigenvalue weighted by Gasteiger charge is 2.14. The number of aromatic nitrogens is 1. The second-order valence-corrected chi connectivity index (χ2v) is 6.54. The summed E-state index contributed by atoms with van der Waals surface area (Å²) in [4.78, 5) is 15.7. The van der Waals surface area contributed by atoms with Gasteiger partial charge >= 0.3 is 5.97 Å². The van der Waals surface area contributed by atoms with Crippen molar-refractivity contribution in [2.75, 3.05) is 12.4 Å². The molecule has 118 valence electrons. The van der Waals surface area contributed by atoms with Crippen LogP contribution in [0.25, 0.3) is 22.2 Å². The van der Waals surface area contributed by atoms with Gasteiger partial charge in [-0.1, -0.05) is 42.0 Å². The number of thioether (sulfide) groups is 1. The summed E-state index contributed by atoms with van der Waals surface area (Å²) in [7, 11) is 0. The van der Waals surface area contributed by atoms with Crippen LogP contribution in [0.3, 0.4) is 0 Å². The van der Waals surface area contributed by atoms with Crippen LogP contribution in [0.1, 0.15) is 12.5 Å². The molecule has 0 fully saturated rings. The molecule has 3 rings (SSSR count). The Morgan fingerprint density at radius 2 is 1.96 bits per heavy atom. The van der Waals surface area contributed by atoms with E-state index in [-0.39, 0.29) is 5.97 Å². The maximum Gasteiger partial charge on any atom is 0.302 e. The standard InChI is InChI=1S/C19H19NO2S/c1-13-8-9-17-16(12-13)19(23-11-10-22-14(2)21)18(20-17)15-6-4-3-5-7-15/h3-9,12,20H,10-11H2,1-2H3. The zero-order valence-electron chi connectivity index (χ0n) is 13.3. The van der Waals surface area contributed by atoms with E-state index in [0.717, 1.165) is 22.5 Å². The minimum Gasteiger partial charge on any atom is -0.465 e. The normalized spacial score (nSPS) is 10.9. The van der Waals surface area contributed by atoms with Gasteiger partial charge in [0.05, 0.1) is 5.69 Å². The van der Waals surface area contributed by atoms with E-state index in [2.05, 4.69) is 42.2 Å². The third-order valence-corrected chi connectivity index (χ3v) is 4.69. The molecule has 0 aliphatic heterocycles. The number of rotatable bonds is 5. The van der Waals surface area contributed by atoms with Crippen molar-refractivity contribution in [1.82, 2.24) is 4.98 Å². The molecule has 0 atom stereocenters. The van der Waals surface area contributed by atoms with Gasteiger partial charge in [0, 0.05) is 28.5 Å². The van der Waals surface area contributed by atoms with Crippen LogP contribution in [0.5, 0.6) is 0 Å². The van der Waals surface area contributed by atoms with E-state index in [9.17, 15) is 4.79 Å². The van der Waals surface area contributed by atoms with Crippen molar-refractivity contribution in [2.24, 2.45) is 0 Å². The van der Waals surface area contributed by atoms with Crippen molar-refractivity contribution in [2.45, 2.75) is 18.7 Å². The molecule has 3 aromatic rings. The molecule has 0 aliphatic rings. The van der Waals surface area contributed by atoms with E-state index in [4.69, 9.17) is 4.74 Å². The molecule has 4 heteroatoms. The van der Waals surface area contributed by atoms with Gasteiger partial charge in [-0.3, -0.25) is 4.79 Å². The minimum absolute atomic E-state index is 0.233. The van der Waals surface area contributed by atoms with Gasteiger partial charge in [-0.25, -0.2) is 0 Å². The number of ether oxygens (including phenoxy) is 1. The number of carbonyl (C=O) groups is 1. The lowest BCUT2D eigenvalue weighted by molar-refractivity contribution is -0.140. The van der Waals surface area contributed by atoms with Gasteiger partial charge in [0.2, 0.25) is 0 Å². The van der Waals surface area contributed by atoms with Gasteiger partial charge < -0.3 is 9.72 Å². The number of H-pyrrole nitrogens is 1. The van der Waals surface area contributed by atoms with Crippen LogP contribution >= 0.6 is 11.8 Å². The van der Waals surface area contributed by atoms with Gasteiger partial charge in [0.1, 0.15) is 6.61 Å². The molecule has 1 N–H and O–H groups in total. The van der Waals surface area contributed by atoms with E-state index in [1.54, 1.807) is 11.8 Å². The fourth-order valence-corrected chi connectivity index (χ4v) is 3.58. The molecule has 0 saturated heterocycles. The van der Waals surface area contributed by atoms with Gasteiger partial charge in [-0.2, -0.15) is 0 Å². The summed E-state index contributed by atoms with van der Waals surface area (Å²) in [6.45, 7) is 3.96. The van der Waals surface area contributed by atoms with Crippen LogP contribution in [0.4, 0.5) is 0 Å². The molecule has 1 heterocycles. The van der Waals surface area contributed by atoms with E-state index in [1.807, 2.05) is 18.2 Å². The van der Waals surface area contributed by atoms with Crippen LogP contribution < -0.4 is 0 Å². The number of hydrogen-bond acceptors (Lipinski definition) is 3. The Morgan fingerprint density at radius 1 is 1.17 bits per heavy atom. The molecular weight excluding hydrogens is 306 g/mol. The summed E-state index contributed by atoms with van der Waals surface area (Å²) in [5.41, 5.74) is 4.65. The number of aryl methyl sites for hydroxylation is 1. The van der Waals surface area contributed by atoms with Crippen LogP contribution in [0, 0.1) is 6.92 Å². The number of nitrogens with one attached hydrogen (secondary N) is 1. The fourth-order valence-electron chi connectivity index (χ4n) is 2.57. The first-order valence-corrected chi connectivity index (χ1v) is 8.57. The van der Waals surface area contributed by atoms with Crippen LogP contribution in [-0.4, -0.2) is 23.3 Å². The Kier molecular flexibility index (Phi) is 4.72. The van der Waals surface area contributed by atoms with Gasteiger partial charge in [-0.05, 0) is 24.6 Å². The second-order valence-electron chi connectivity index (χ2n) is 5.43. The van der Waals surface area contributed by atoms with Crippen LogP contribution in [0.2, 0.25) is 0 Å². The highest BCUT2D eigenvalue weighted by Crippen LogP contribution is 2.38.